The molecule has 2 atom stereocenters. The van der Waals surface area contributed by atoms with Crippen LogP contribution in [0.2, 0.25) is 0 Å². The Bertz CT molecular complexity index is 511. The third kappa shape index (κ3) is 3.36. The molecule has 3 rings (SSSR count). The molecule has 0 bridgehead atoms. The first-order chi connectivity index (χ1) is 10.2. The highest BCUT2D eigenvalue weighted by molar-refractivity contribution is 5.97. The second-order valence-electron chi connectivity index (χ2n) is 5.59. The molecule has 1 aromatic rings. The highest BCUT2D eigenvalue weighted by Crippen LogP contribution is 2.28. The largest absolute Gasteiger partial charge is 0.491 e. The van der Waals surface area contributed by atoms with Crippen LogP contribution >= 0.6 is 0 Å². The number of benzene rings is 1. The van der Waals surface area contributed by atoms with Crippen LogP contribution in [0.15, 0.2) is 18.2 Å². The van der Waals surface area contributed by atoms with Crippen LogP contribution in [0.25, 0.3) is 0 Å². The van der Waals surface area contributed by atoms with Crippen LogP contribution < -0.4 is 10.1 Å². The molecule has 0 aliphatic carbocycles. The van der Waals surface area contributed by atoms with E-state index in [1.807, 2.05) is 6.07 Å². The van der Waals surface area contributed by atoms with Crippen molar-refractivity contribution < 1.29 is 19.4 Å². The topological polar surface area (TPSA) is 67.8 Å². The minimum Gasteiger partial charge on any atom is -0.491 e. The van der Waals surface area contributed by atoms with Crippen LogP contribution in [0, 0.1) is 0 Å². The van der Waals surface area contributed by atoms with Crippen molar-refractivity contribution in [2.45, 2.75) is 37.9 Å². The molecule has 1 saturated heterocycles. The number of hydrogen-bond acceptors (Lipinski definition) is 4. The number of rotatable bonds is 4. The Morgan fingerprint density at radius 2 is 2.29 bits per heavy atom. The number of fused-ring (bicyclic) bond motifs is 1. The highest BCUT2D eigenvalue weighted by Gasteiger charge is 2.21. The van der Waals surface area contributed by atoms with Crippen molar-refractivity contribution in [1.29, 1.82) is 0 Å². The predicted molar refractivity (Wildman–Crippen MR) is 77.4 cm³/mol. The maximum atomic E-state index is 12.0. The molecule has 0 saturated carbocycles. The number of ether oxygens (including phenoxy) is 2. The molecule has 0 spiro atoms. The van der Waals surface area contributed by atoms with Crippen molar-refractivity contribution >= 4 is 5.91 Å². The van der Waals surface area contributed by atoms with Crippen molar-refractivity contribution in [2.75, 3.05) is 19.8 Å². The van der Waals surface area contributed by atoms with Gasteiger partial charge in [-0.05, 0) is 43.4 Å². The van der Waals surface area contributed by atoms with Crippen molar-refractivity contribution in [3.8, 4) is 5.75 Å². The number of amides is 1. The summed E-state index contributed by atoms with van der Waals surface area (Å²) in [5, 5.41) is 13.1. The fraction of sp³-hybridized carbons (Fsp3) is 0.562. The van der Waals surface area contributed by atoms with Crippen LogP contribution in [0.5, 0.6) is 5.75 Å². The second-order valence-corrected chi connectivity index (χ2v) is 5.59. The third-order valence-electron chi connectivity index (χ3n) is 4.06. The molecule has 0 aromatic heterocycles. The van der Waals surface area contributed by atoms with E-state index >= 15 is 0 Å². The summed E-state index contributed by atoms with van der Waals surface area (Å²) in [6.45, 7) is 1.81. The van der Waals surface area contributed by atoms with E-state index in [0.29, 0.717) is 30.9 Å². The Morgan fingerprint density at radius 3 is 3.10 bits per heavy atom. The summed E-state index contributed by atoms with van der Waals surface area (Å²) in [5.74, 6) is 0.441. The van der Waals surface area contributed by atoms with E-state index in [2.05, 4.69) is 5.32 Å². The summed E-state index contributed by atoms with van der Waals surface area (Å²) in [5.41, 5.74) is 1.26. The number of hydrogen-bond donors (Lipinski definition) is 2. The van der Waals surface area contributed by atoms with Gasteiger partial charge in [0.15, 0.2) is 0 Å². The number of carbonyl (C=O) groups is 1. The Balaban J connectivity index is 1.68. The van der Waals surface area contributed by atoms with Gasteiger partial charge < -0.3 is 19.9 Å². The van der Waals surface area contributed by atoms with E-state index in [1.165, 1.54) is 0 Å². The van der Waals surface area contributed by atoms with Crippen LogP contribution in [-0.4, -0.2) is 36.9 Å². The molecule has 1 fully saturated rings. The molecule has 1 aromatic carbocycles. The van der Waals surface area contributed by atoms with Gasteiger partial charge in [-0.2, -0.15) is 0 Å². The second kappa shape index (κ2) is 6.45. The molecule has 114 valence electrons. The molecular formula is C16H21NO4. The van der Waals surface area contributed by atoms with Crippen molar-refractivity contribution in [2.24, 2.45) is 0 Å². The van der Waals surface area contributed by atoms with E-state index in [0.717, 1.165) is 31.4 Å². The maximum absolute atomic E-state index is 12.0. The van der Waals surface area contributed by atoms with E-state index in [-0.39, 0.29) is 12.0 Å². The van der Waals surface area contributed by atoms with Crippen molar-refractivity contribution in [1.82, 2.24) is 5.32 Å². The molecular weight excluding hydrogens is 270 g/mol. The maximum Gasteiger partial charge on any atom is 0.255 e. The van der Waals surface area contributed by atoms with Gasteiger partial charge in [0.25, 0.3) is 5.91 Å². The minimum atomic E-state index is -0.574. The van der Waals surface area contributed by atoms with E-state index in [9.17, 15) is 9.90 Å². The fourth-order valence-corrected chi connectivity index (χ4v) is 2.86. The van der Waals surface area contributed by atoms with Crippen LogP contribution in [0.1, 0.15) is 47.7 Å². The first-order valence-corrected chi connectivity index (χ1v) is 7.58. The van der Waals surface area contributed by atoms with Gasteiger partial charge in [0.2, 0.25) is 0 Å². The van der Waals surface area contributed by atoms with Crippen LogP contribution in [0.4, 0.5) is 0 Å². The zero-order valence-corrected chi connectivity index (χ0v) is 12.0. The first kappa shape index (κ1) is 14.4. The lowest BCUT2D eigenvalue weighted by Crippen LogP contribution is -2.24. The van der Waals surface area contributed by atoms with Crippen LogP contribution in [-0.2, 0) is 4.74 Å². The lowest BCUT2D eigenvalue weighted by Gasteiger charge is -2.15. The van der Waals surface area contributed by atoms with Gasteiger partial charge in [-0.15, -0.1) is 0 Å². The lowest BCUT2D eigenvalue weighted by atomic mass is 9.99. The standard InChI is InChI=1S/C16H21NO4/c18-14(5-4-12-2-1-8-20-12)11-3-6-15-13(10-11)16(19)17-7-9-21-15/h3,6,10,12,14,18H,1-2,4-5,7-9H2,(H,17,19). The molecule has 21 heavy (non-hydrogen) atoms. The lowest BCUT2D eigenvalue weighted by molar-refractivity contribution is 0.0811. The minimum absolute atomic E-state index is 0.143. The van der Waals surface area contributed by atoms with Gasteiger partial charge in [0, 0.05) is 6.61 Å². The van der Waals surface area contributed by atoms with Crippen molar-refractivity contribution in [3.63, 3.8) is 0 Å². The average Bonchev–Trinajstić information content (AvgIpc) is 2.95. The van der Waals surface area contributed by atoms with Gasteiger partial charge in [-0.1, -0.05) is 6.07 Å². The summed E-state index contributed by atoms with van der Waals surface area (Å²) in [4.78, 5) is 12.0. The van der Waals surface area contributed by atoms with Gasteiger partial charge >= 0.3 is 0 Å². The zero-order chi connectivity index (χ0) is 14.7. The van der Waals surface area contributed by atoms with Gasteiger partial charge in [-0.25, -0.2) is 0 Å². The summed E-state index contributed by atoms with van der Waals surface area (Å²) in [7, 11) is 0. The molecule has 5 nitrogen and oxygen atoms in total. The Morgan fingerprint density at radius 1 is 1.38 bits per heavy atom. The highest BCUT2D eigenvalue weighted by atomic mass is 16.5. The van der Waals surface area contributed by atoms with E-state index < -0.39 is 6.10 Å². The summed E-state index contributed by atoms with van der Waals surface area (Å²) < 4.78 is 11.1. The monoisotopic (exact) mass is 291 g/mol. The zero-order valence-electron chi connectivity index (χ0n) is 12.0. The Hall–Kier alpha value is -1.59. The van der Waals surface area contributed by atoms with Gasteiger partial charge in [-0.3, -0.25) is 4.79 Å². The predicted octanol–water partition coefficient (Wildman–Crippen LogP) is 1.80. The quantitative estimate of drug-likeness (QED) is 0.887. The molecule has 2 heterocycles. The number of carbonyl (C=O) groups excluding carboxylic acids is 1. The van der Waals surface area contributed by atoms with E-state index in [1.54, 1.807) is 12.1 Å². The third-order valence-corrected chi connectivity index (χ3v) is 4.06. The number of aliphatic hydroxyl groups excluding tert-OH is 1. The molecule has 2 N–H and O–H groups in total. The van der Waals surface area contributed by atoms with E-state index in [4.69, 9.17) is 9.47 Å². The fourth-order valence-electron chi connectivity index (χ4n) is 2.86. The summed E-state index contributed by atoms with van der Waals surface area (Å²) >= 11 is 0. The molecule has 5 heteroatoms. The summed E-state index contributed by atoms with van der Waals surface area (Å²) in [6, 6.07) is 5.33. The first-order valence-electron chi connectivity index (χ1n) is 7.58. The molecule has 0 radical (unpaired) electrons. The van der Waals surface area contributed by atoms with Gasteiger partial charge in [0.05, 0.1) is 24.3 Å². The number of nitrogens with one attached hydrogen (secondary N) is 1. The Labute approximate surface area is 124 Å². The van der Waals surface area contributed by atoms with Crippen molar-refractivity contribution in [3.05, 3.63) is 29.3 Å². The molecule has 2 unspecified atom stereocenters. The molecule has 2 aliphatic heterocycles. The van der Waals surface area contributed by atoms with Crippen LogP contribution in [0.3, 0.4) is 0 Å². The average molecular weight is 291 g/mol. The summed E-state index contributed by atoms with van der Waals surface area (Å²) in [6.07, 6.45) is 3.37. The smallest absolute Gasteiger partial charge is 0.255 e. The Kier molecular flexibility index (Phi) is 4.41. The normalized spacial score (nSPS) is 22.9. The SMILES string of the molecule is O=C1NCCOc2ccc(C(O)CCC3CCCO3)cc21. The molecule has 1 amide bonds. The van der Waals surface area contributed by atoms with Gasteiger partial charge in [0.1, 0.15) is 12.4 Å². The molecule has 2 aliphatic rings. The number of aliphatic hydroxyl groups is 1.